The predicted octanol–water partition coefficient (Wildman–Crippen LogP) is 1.73. The number of aliphatic carboxylic acids is 1. The van der Waals surface area contributed by atoms with Gasteiger partial charge in [-0.2, -0.15) is 0 Å². The Bertz CT molecular complexity index is 723. The molecule has 22 heavy (non-hydrogen) atoms. The van der Waals surface area contributed by atoms with E-state index in [4.69, 9.17) is 11.6 Å². The maximum atomic E-state index is 12.4. The van der Waals surface area contributed by atoms with Gasteiger partial charge in [-0.3, -0.25) is 4.79 Å². The van der Waals surface area contributed by atoms with Crippen LogP contribution in [-0.2, 0) is 11.8 Å². The normalized spacial score (nSPS) is 13.8. The lowest BCUT2D eigenvalue weighted by Gasteiger charge is -2.25. The van der Waals surface area contributed by atoms with Crippen molar-refractivity contribution >= 4 is 34.4 Å². The number of carbonyl (C=O) groups excluding carboxylic acids is 2. The molecule has 118 valence electrons. The third kappa shape index (κ3) is 3.09. The van der Waals surface area contributed by atoms with Crippen molar-refractivity contribution in [3.05, 3.63) is 35.0 Å². The second-order valence-electron chi connectivity index (χ2n) is 5.45. The highest BCUT2D eigenvalue weighted by atomic mass is 35.5. The maximum absolute atomic E-state index is 12.4. The number of nitrogens with zero attached hydrogens (tertiary/aromatic N) is 1. The van der Waals surface area contributed by atoms with Gasteiger partial charge in [0.05, 0.1) is 12.0 Å². The minimum absolute atomic E-state index is 0.210. The minimum atomic E-state index is -1.27. The molecule has 1 N–H and O–H groups in total. The number of carboxylic acids is 1. The smallest absolute Gasteiger partial charge is 0.268 e. The molecule has 2 rings (SSSR count). The quantitative estimate of drug-likeness (QED) is 0.911. The molecule has 6 heteroatoms. The summed E-state index contributed by atoms with van der Waals surface area (Å²) in [6.45, 7) is 3.63. The summed E-state index contributed by atoms with van der Waals surface area (Å²) in [7, 11) is 1.75. The van der Waals surface area contributed by atoms with E-state index in [2.05, 4.69) is 5.32 Å². The number of benzene rings is 1. The van der Waals surface area contributed by atoms with Crippen LogP contribution in [0.25, 0.3) is 10.9 Å². The first kappa shape index (κ1) is 16.4. The first-order valence-electron chi connectivity index (χ1n) is 7.11. The lowest BCUT2D eigenvalue weighted by Crippen LogP contribution is -2.51. The molecule has 0 radical (unpaired) electrons. The second-order valence-corrected chi connectivity index (χ2v) is 5.88. The fourth-order valence-electron chi connectivity index (χ4n) is 2.42. The molecule has 0 aliphatic carbocycles. The molecule has 0 fully saturated rings. The van der Waals surface area contributed by atoms with Gasteiger partial charge in [0.25, 0.3) is 5.91 Å². The predicted molar refractivity (Wildman–Crippen MR) is 83.6 cm³/mol. The highest BCUT2D eigenvalue weighted by molar-refractivity contribution is 6.31. The topological polar surface area (TPSA) is 74.2 Å². The zero-order valence-corrected chi connectivity index (χ0v) is 13.5. The van der Waals surface area contributed by atoms with E-state index >= 15 is 0 Å². The molecule has 2 aromatic rings. The Morgan fingerprint density at radius 2 is 2.05 bits per heavy atom. The number of hydrogen-bond donors (Lipinski definition) is 1. The van der Waals surface area contributed by atoms with E-state index in [1.165, 1.54) is 0 Å². The van der Waals surface area contributed by atoms with Gasteiger partial charge < -0.3 is 19.8 Å². The lowest BCUT2D eigenvalue weighted by atomic mass is 9.99. The van der Waals surface area contributed by atoms with Crippen LogP contribution in [0.1, 0.15) is 30.8 Å². The fourth-order valence-corrected chi connectivity index (χ4v) is 2.60. The van der Waals surface area contributed by atoms with E-state index in [1.54, 1.807) is 36.7 Å². The summed E-state index contributed by atoms with van der Waals surface area (Å²) in [6, 6.07) is 6.01. The van der Waals surface area contributed by atoms with E-state index in [1.807, 2.05) is 13.0 Å². The van der Waals surface area contributed by atoms with Crippen molar-refractivity contribution in [1.29, 1.82) is 0 Å². The van der Waals surface area contributed by atoms with Crippen molar-refractivity contribution in [1.82, 2.24) is 9.88 Å². The lowest BCUT2D eigenvalue weighted by molar-refractivity contribution is -0.309. The number of aryl methyl sites for hydroxylation is 1. The van der Waals surface area contributed by atoms with Crippen LogP contribution in [0.5, 0.6) is 0 Å². The van der Waals surface area contributed by atoms with Crippen LogP contribution >= 0.6 is 11.6 Å². The number of halogens is 1. The Balaban J connectivity index is 2.33. The van der Waals surface area contributed by atoms with E-state index < -0.39 is 17.9 Å². The molecule has 0 saturated carbocycles. The van der Waals surface area contributed by atoms with E-state index in [0.29, 0.717) is 17.1 Å². The van der Waals surface area contributed by atoms with Gasteiger partial charge in [-0.1, -0.05) is 31.9 Å². The summed E-state index contributed by atoms with van der Waals surface area (Å²) in [5, 5.41) is 15.2. The third-order valence-corrected chi connectivity index (χ3v) is 4.23. The molecule has 1 aromatic heterocycles. The van der Waals surface area contributed by atoms with Gasteiger partial charge in [-0.05, 0) is 30.2 Å². The Morgan fingerprint density at radius 3 is 2.64 bits per heavy atom. The molecule has 1 heterocycles. The fraction of sp³-hybridized carbons (Fsp3) is 0.375. The van der Waals surface area contributed by atoms with E-state index in [-0.39, 0.29) is 5.92 Å². The standard InChI is InChI=1S/C16H19ClN2O3/c1-4-9(2)14(16(21)22)18-15(20)13-8-10-7-11(17)5-6-12(10)19(13)3/h5-9,14H,4H2,1-3H3,(H,18,20)(H,21,22)/p-1/t9-,14+/m1/s1. The van der Waals surface area contributed by atoms with Crippen molar-refractivity contribution in [2.24, 2.45) is 13.0 Å². The van der Waals surface area contributed by atoms with Gasteiger partial charge >= 0.3 is 0 Å². The molecule has 2 atom stereocenters. The van der Waals surface area contributed by atoms with Crippen molar-refractivity contribution in [2.45, 2.75) is 26.3 Å². The number of fused-ring (bicyclic) bond motifs is 1. The number of nitrogens with one attached hydrogen (secondary N) is 1. The SMILES string of the molecule is CC[C@@H](C)[C@H](NC(=O)c1cc2cc(Cl)ccc2n1C)C(=O)[O-]. The largest absolute Gasteiger partial charge is 0.548 e. The zero-order chi connectivity index (χ0) is 16.4. The molecular weight excluding hydrogens is 304 g/mol. The average molecular weight is 322 g/mol. The summed E-state index contributed by atoms with van der Waals surface area (Å²) in [5.74, 6) is -1.92. The Hall–Kier alpha value is -2.01. The van der Waals surface area contributed by atoms with Gasteiger partial charge in [0.15, 0.2) is 0 Å². The summed E-state index contributed by atoms with van der Waals surface area (Å²) >= 11 is 5.95. The Morgan fingerprint density at radius 1 is 1.36 bits per heavy atom. The van der Waals surface area contributed by atoms with E-state index in [9.17, 15) is 14.7 Å². The molecule has 0 saturated heterocycles. The van der Waals surface area contributed by atoms with Gasteiger partial charge in [0.1, 0.15) is 5.69 Å². The molecular formula is C16H18ClN2O3-. The van der Waals surface area contributed by atoms with Crippen molar-refractivity contribution < 1.29 is 14.7 Å². The van der Waals surface area contributed by atoms with Crippen molar-refractivity contribution in [3.8, 4) is 0 Å². The summed E-state index contributed by atoms with van der Waals surface area (Å²) in [6.07, 6.45) is 0.629. The van der Waals surface area contributed by atoms with Gasteiger partial charge in [-0.15, -0.1) is 0 Å². The molecule has 0 aliphatic heterocycles. The molecule has 1 aromatic carbocycles. The number of hydrogen-bond acceptors (Lipinski definition) is 3. The molecule has 5 nitrogen and oxygen atoms in total. The summed E-state index contributed by atoms with van der Waals surface area (Å²) in [5.41, 5.74) is 1.23. The first-order chi connectivity index (χ1) is 10.3. The maximum Gasteiger partial charge on any atom is 0.268 e. The van der Waals surface area contributed by atoms with E-state index in [0.717, 1.165) is 10.9 Å². The Kier molecular flexibility index (Phi) is 4.76. The monoisotopic (exact) mass is 321 g/mol. The highest BCUT2D eigenvalue weighted by Crippen LogP contribution is 2.22. The van der Waals surface area contributed by atoms with Gasteiger partial charge in [0.2, 0.25) is 0 Å². The summed E-state index contributed by atoms with van der Waals surface area (Å²) in [4.78, 5) is 23.6. The summed E-state index contributed by atoms with van der Waals surface area (Å²) < 4.78 is 1.71. The minimum Gasteiger partial charge on any atom is -0.548 e. The number of aromatic nitrogens is 1. The average Bonchev–Trinajstić information content (AvgIpc) is 2.79. The number of rotatable bonds is 5. The number of amides is 1. The van der Waals surface area contributed by atoms with Crippen LogP contribution in [0.15, 0.2) is 24.3 Å². The highest BCUT2D eigenvalue weighted by Gasteiger charge is 2.22. The van der Waals surface area contributed by atoms with Crippen molar-refractivity contribution in [3.63, 3.8) is 0 Å². The van der Waals surface area contributed by atoms with Crippen LogP contribution in [0.4, 0.5) is 0 Å². The van der Waals surface area contributed by atoms with Crippen LogP contribution in [0, 0.1) is 5.92 Å². The van der Waals surface area contributed by atoms with Gasteiger partial charge in [-0.25, -0.2) is 0 Å². The van der Waals surface area contributed by atoms with Crippen LogP contribution in [0.2, 0.25) is 5.02 Å². The van der Waals surface area contributed by atoms with Crippen LogP contribution < -0.4 is 10.4 Å². The number of carboxylic acid groups (broad SMARTS) is 1. The molecule has 1 amide bonds. The first-order valence-corrected chi connectivity index (χ1v) is 7.49. The molecule has 0 unspecified atom stereocenters. The molecule has 0 bridgehead atoms. The second kappa shape index (κ2) is 6.40. The molecule has 0 aliphatic rings. The third-order valence-electron chi connectivity index (χ3n) is 3.99. The Labute approximate surface area is 133 Å². The number of carbonyl (C=O) groups is 2. The molecule has 0 spiro atoms. The van der Waals surface area contributed by atoms with Gasteiger partial charge in [0, 0.05) is 23.0 Å². The van der Waals surface area contributed by atoms with Crippen LogP contribution in [-0.4, -0.2) is 22.5 Å². The van der Waals surface area contributed by atoms with Crippen molar-refractivity contribution in [2.75, 3.05) is 0 Å². The van der Waals surface area contributed by atoms with Crippen LogP contribution in [0.3, 0.4) is 0 Å². The zero-order valence-electron chi connectivity index (χ0n) is 12.7.